The molecule has 1 rings (SSSR count). The van der Waals surface area contributed by atoms with E-state index in [1.807, 2.05) is 0 Å². The average Bonchev–Trinajstić information content (AvgIpc) is 2.19. The van der Waals surface area contributed by atoms with Gasteiger partial charge in [0.2, 0.25) is 0 Å². The van der Waals surface area contributed by atoms with Crippen LogP contribution in [0.5, 0.6) is 0 Å². The van der Waals surface area contributed by atoms with Crippen molar-refractivity contribution >= 4 is 0 Å². The minimum Gasteiger partial charge on any atom is -0.393 e. The molecule has 1 fully saturated rings. The maximum Gasteiger partial charge on any atom is 0.0587 e. The molecule has 1 saturated carbocycles. The number of methoxy groups -OCH3 is 1. The van der Waals surface area contributed by atoms with E-state index in [9.17, 15) is 0 Å². The number of hydrogen-bond acceptors (Lipinski definition) is 4. The van der Waals surface area contributed by atoms with Crippen molar-refractivity contribution in [1.29, 1.82) is 0 Å². The molecule has 0 aliphatic heterocycles. The van der Waals surface area contributed by atoms with Crippen LogP contribution in [0.1, 0.15) is 19.3 Å². The lowest BCUT2D eigenvalue weighted by atomic mass is 9.82. The van der Waals surface area contributed by atoms with Gasteiger partial charge in [-0.2, -0.15) is 0 Å². The zero-order chi connectivity index (χ0) is 10.9. The molecule has 15 heavy (non-hydrogen) atoms. The Bertz CT molecular complexity index is 150. The van der Waals surface area contributed by atoms with Crippen molar-refractivity contribution in [1.82, 2.24) is 10.6 Å². The van der Waals surface area contributed by atoms with Gasteiger partial charge < -0.3 is 20.5 Å². The van der Waals surface area contributed by atoms with Gasteiger partial charge in [0.05, 0.1) is 12.7 Å². The predicted octanol–water partition coefficient (Wildman–Crippen LogP) is -0.0270. The van der Waals surface area contributed by atoms with Crippen LogP contribution in [-0.2, 0) is 4.74 Å². The molecule has 3 N–H and O–H groups in total. The predicted molar refractivity (Wildman–Crippen MR) is 61.0 cm³/mol. The van der Waals surface area contributed by atoms with Gasteiger partial charge in [0, 0.05) is 13.7 Å². The van der Waals surface area contributed by atoms with Crippen molar-refractivity contribution in [3.8, 4) is 0 Å². The first-order valence-corrected chi connectivity index (χ1v) is 5.91. The lowest BCUT2D eigenvalue weighted by Gasteiger charge is -2.31. The van der Waals surface area contributed by atoms with Gasteiger partial charge in [-0.05, 0) is 44.8 Å². The standard InChI is InChI=1S/C11H24N2O2/c1-15-6-5-12-3-2-4-13-9-10-7-11(14)8-10/h10-14H,2-9H2,1H3. The van der Waals surface area contributed by atoms with Gasteiger partial charge in [0.1, 0.15) is 0 Å². The maximum absolute atomic E-state index is 9.09. The lowest BCUT2D eigenvalue weighted by molar-refractivity contribution is 0.0431. The minimum atomic E-state index is -0.0208. The Labute approximate surface area is 92.4 Å². The van der Waals surface area contributed by atoms with Crippen molar-refractivity contribution in [3.05, 3.63) is 0 Å². The van der Waals surface area contributed by atoms with E-state index in [4.69, 9.17) is 9.84 Å². The van der Waals surface area contributed by atoms with Gasteiger partial charge in [0.15, 0.2) is 0 Å². The largest absolute Gasteiger partial charge is 0.393 e. The highest BCUT2D eigenvalue weighted by atomic mass is 16.5. The van der Waals surface area contributed by atoms with Gasteiger partial charge in [-0.1, -0.05) is 0 Å². The second kappa shape index (κ2) is 8.05. The summed E-state index contributed by atoms with van der Waals surface area (Å²) >= 11 is 0. The number of hydrogen-bond donors (Lipinski definition) is 3. The zero-order valence-corrected chi connectivity index (χ0v) is 9.67. The van der Waals surface area contributed by atoms with Crippen LogP contribution >= 0.6 is 0 Å². The topological polar surface area (TPSA) is 53.5 Å². The van der Waals surface area contributed by atoms with Crippen LogP contribution in [0.25, 0.3) is 0 Å². The van der Waals surface area contributed by atoms with Crippen molar-refractivity contribution in [2.45, 2.75) is 25.4 Å². The summed E-state index contributed by atoms with van der Waals surface area (Å²) in [4.78, 5) is 0. The molecule has 90 valence electrons. The minimum absolute atomic E-state index is 0.0208. The SMILES string of the molecule is COCCNCCCNCC1CC(O)C1. The first-order chi connectivity index (χ1) is 7.33. The molecule has 0 amide bonds. The molecule has 0 spiro atoms. The summed E-state index contributed by atoms with van der Waals surface area (Å²) in [5, 5.41) is 15.8. The highest BCUT2D eigenvalue weighted by Gasteiger charge is 2.26. The van der Waals surface area contributed by atoms with Crippen LogP contribution in [0.3, 0.4) is 0 Å². The molecule has 0 aromatic rings. The molecule has 1 aliphatic carbocycles. The number of nitrogens with one attached hydrogen (secondary N) is 2. The molecule has 4 heteroatoms. The number of rotatable bonds is 9. The van der Waals surface area contributed by atoms with E-state index in [2.05, 4.69) is 10.6 Å². The monoisotopic (exact) mass is 216 g/mol. The normalized spacial score (nSPS) is 25.2. The van der Waals surface area contributed by atoms with Gasteiger partial charge in [0.25, 0.3) is 0 Å². The molecule has 0 atom stereocenters. The summed E-state index contributed by atoms with van der Waals surface area (Å²) in [6, 6.07) is 0. The summed E-state index contributed by atoms with van der Waals surface area (Å²) in [7, 11) is 1.72. The Morgan fingerprint density at radius 3 is 2.60 bits per heavy atom. The molecule has 0 unspecified atom stereocenters. The number of aliphatic hydroxyl groups is 1. The summed E-state index contributed by atoms with van der Waals surface area (Å²) in [5.74, 6) is 0.710. The maximum atomic E-state index is 9.09. The van der Waals surface area contributed by atoms with Crippen LogP contribution in [0.2, 0.25) is 0 Å². The molecule has 0 bridgehead atoms. The second-order valence-electron chi connectivity index (χ2n) is 4.29. The van der Waals surface area contributed by atoms with E-state index in [1.54, 1.807) is 7.11 Å². The molecule has 0 aromatic heterocycles. The highest BCUT2D eigenvalue weighted by Crippen LogP contribution is 2.25. The molecule has 0 saturated heterocycles. The van der Waals surface area contributed by atoms with Gasteiger partial charge in [-0.25, -0.2) is 0 Å². The molecular formula is C11H24N2O2. The zero-order valence-electron chi connectivity index (χ0n) is 9.67. The first-order valence-electron chi connectivity index (χ1n) is 5.91. The van der Waals surface area contributed by atoms with Crippen LogP contribution in [0, 0.1) is 5.92 Å². The van der Waals surface area contributed by atoms with Crippen LogP contribution in [0.15, 0.2) is 0 Å². The van der Waals surface area contributed by atoms with Crippen molar-refractivity contribution in [2.75, 3.05) is 39.9 Å². The van der Waals surface area contributed by atoms with Crippen molar-refractivity contribution in [3.63, 3.8) is 0 Å². The third kappa shape index (κ3) is 6.10. The van der Waals surface area contributed by atoms with E-state index >= 15 is 0 Å². The van der Waals surface area contributed by atoms with Crippen molar-refractivity contribution < 1.29 is 9.84 Å². The Morgan fingerprint density at radius 2 is 1.93 bits per heavy atom. The molecule has 0 aromatic carbocycles. The molecule has 0 heterocycles. The first kappa shape index (κ1) is 12.9. The fraction of sp³-hybridized carbons (Fsp3) is 1.00. The quantitative estimate of drug-likeness (QED) is 0.474. The van der Waals surface area contributed by atoms with E-state index in [1.165, 1.54) is 0 Å². The lowest BCUT2D eigenvalue weighted by Crippen LogP contribution is -2.36. The van der Waals surface area contributed by atoms with E-state index in [0.717, 1.165) is 52.0 Å². The van der Waals surface area contributed by atoms with Crippen molar-refractivity contribution in [2.24, 2.45) is 5.92 Å². The summed E-state index contributed by atoms with van der Waals surface area (Å²) in [6.45, 7) is 4.89. The Kier molecular flexibility index (Phi) is 6.92. The summed E-state index contributed by atoms with van der Waals surface area (Å²) in [5.41, 5.74) is 0. The van der Waals surface area contributed by atoms with Gasteiger partial charge >= 0.3 is 0 Å². The number of aliphatic hydroxyl groups excluding tert-OH is 1. The van der Waals surface area contributed by atoms with E-state index in [0.29, 0.717) is 5.92 Å². The third-order valence-corrected chi connectivity index (χ3v) is 2.83. The number of ether oxygens (including phenoxy) is 1. The molecule has 1 aliphatic rings. The molecule has 4 nitrogen and oxygen atoms in total. The fourth-order valence-corrected chi connectivity index (χ4v) is 1.81. The van der Waals surface area contributed by atoms with E-state index in [-0.39, 0.29) is 6.10 Å². The Hall–Kier alpha value is -0.160. The summed E-state index contributed by atoms with van der Waals surface area (Å²) < 4.78 is 4.93. The molecular weight excluding hydrogens is 192 g/mol. The van der Waals surface area contributed by atoms with Crippen LogP contribution in [0.4, 0.5) is 0 Å². The van der Waals surface area contributed by atoms with Gasteiger partial charge in [-0.3, -0.25) is 0 Å². The van der Waals surface area contributed by atoms with Gasteiger partial charge in [-0.15, -0.1) is 0 Å². The van der Waals surface area contributed by atoms with E-state index < -0.39 is 0 Å². The second-order valence-corrected chi connectivity index (χ2v) is 4.29. The third-order valence-electron chi connectivity index (χ3n) is 2.83. The smallest absolute Gasteiger partial charge is 0.0587 e. The Balaban J connectivity index is 1.70. The average molecular weight is 216 g/mol. The fourth-order valence-electron chi connectivity index (χ4n) is 1.81. The Morgan fingerprint density at radius 1 is 1.20 bits per heavy atom. The molecule has 0 radical (unpaired) electrons. The highest BCUT2D eigenvalue weighted by molar-refractivity contribution is 4.79. The summed E-state index contributed by atoms with van der Waals surface area (Å²) in [6.07, 6.45) is 3.10. The van der Waals surface area contributed by atoms with Crippen LogP contribution < -0.4 is 10.6 Å². The van der Waals surface area contributed by atoms with Crippen LogP contribution in [-0.4, -0.2) is 51.1 Å².